The Kier molecular flexibility index (Phi) is 3.05. The van der Waals surface area contributed by atoms with Crippen molar-refractivity contribution < 1.29 is 0 Å². The van der Waals surface area contributed by atoms with Gasteiger partial charge in [-0.3, -0.25) is 4.98 Å². The molecule has 1 aliphatic heterocycles. The van der Waals surface area contributed by atoms with Crippen LogP contribution in [0.4, 0.5) is 17.3 Å². The van der Waals surface area contributed by atoms with E-state index in [1.54, 1.807) is 12.4 Å². The second kappa shape index (κ2) is 4.85. The van der Waals surface area contributed by atoms with Crippen LogP contribution < -0.4 is 16.2 Å². The van der Waals surface area contributed by atoms with Gasteiger partial charge in [0.05, 0.1) is 12.4 Å². The molecule has 1 aromatic heterocycles. The van der Waals surface area contributed by atoms with Gasteiger partial charge in [-0.15, -0.1) is 0 Å². The number of hydrogen-bond acceptors (Lipinski definition) is 5. The molecule has 0 atom stereocenters. The predicted octanol–water partition coefficient (Wildman–Crippen LogP) is 2.15. The van der Waals surface area contributed by atoms with Crippen LogP contribution in [-0.2, 0) is 6.42 Å². The van der Waals surface area contributed by atoms with Crippen molar-refractivity contribution in [2.75, 3.05) is 16.9 Å². The third-order valence-electron chi connectivity index (χ3n) is 3.40. The molecule has 5 nitrogen and oxygen atoms in total. The van der Waals surface area contributed by atoms with Gasteiger partial charge in [-0.25, -0.2) is 10.8 Å². The Morgan fingerprint density at radius 1 is 1.32 bits per heavy atom. The molecule has 0 spiro atoms. The summed E-state index contributed by atoms with van der Waals surface area (Å²) in [5, 5.41) is 0. The van der Waals surface area contributed by atoms with Crippen LogP contribution in [0.1, 0.15) is 17.5 Å². The summed E-state index contributed by atoms with van der Waals surface area (Å²) in [6.07, 6.45) is 5.63. The van der Waals surface area contributed by atoms with Crippen molar-refractivity contribution >= 4 is 17.3 Å². The number of aryl methyl sites for hydroxylation is 2. The van der Waals surface area contributed by atoms with E-state index in [2.05, 4.69) is 45.4 Å². The molecule has 0 fully saturated rings. The summed E-state index contributed by atoms with van der Waals surface area (Å²) in [6.45, 7) is 3.08. The van der Waals surface area contributed by atoms with Gasteiger partial charge in [0.15, 0.2) is 11.6 Å². The molecule has 5 heteroatoms. The quantitative estimate of drug-likeness (QED) is 0.636. The molecule has 19 heavy (non-hydrogen) atoms. The van der Waals surface area contributed by atoms with E-state index in [1.165, 1.54) is 16.8 Å². The van der Waals surface area contributed by atoms with Crippen molar-refractivity contribution in [3.8, 4) is 0 Å². The molecular formula is C14H17N5. The van der Waals surface area contributed by atoms with Crippen molar-refractivity contribution in [2.45, 2.75) is 19.8 Å². The normalized spacial score (nSPS) is 14.1. The zero-order chi connectivity index (χ0) is 13.2. The molecule has 1 aromatic carbocycles. The Balaban J connectivity index is 2.03. The summed E-state index contributed by atoms with van der Waals surface area (Å²) >= 11 is 0. The van der Waals surface area contributed by atoms with Gasteiger partial charge < -0.3 is 10.3 Å². The van der Waals surface area contributed by atoms with Crippen LogP contribution >= 0.6 is 0 Å². The summed E-state index contributed by atoms with van der Waals surface area (Å²) in [7, 11) is 0. The second-order valence-corrected chi connectivity index (χ2v) is 4.79. The molecular weight excluding hydrogens is 238 g/mol. The van der Waals surface area contributed by atoms with Crippen LogP contribution in [0.25, 0.3) is 0 Å². The smallest absolute Gasteiger partial charge is 0.160 e. The largest absolute Gasteiger partial charge is 0.325 e. The Labute approximate surface area is 112 Å². The summed E-state index contributed by atoms with van der Waals surface area (Å²) in [4.78, 5) is 10.8. The first kappa shape index (κ1) is 11.9. The second-order valence-electron chi connectivity index (χ2n) is 4.79. The van der Waals surface area contributed by atoms with E-state index in [0.717, 1.165) is 25.2 Å². The summed E-state index contributed by atoms with van der Waals surface area (Å²) in [5.41, 5.74) is 6.43. The molecule has 1 aliphatic rings. The minimum Gasteiger partial charge on any atom is -0.325 e. The fraction of sp³-hybridized carbons (Fsp3) is 0.286. The van der Waals surface area contributed by atoms with Gasteiger partial charge in [-0.2, -0.15) is 0 Å². The van der Waals surface area contributed by atoms with Crippen LogP contribution in [0.15, 0.2) is 30.6 Å². The van der Waals surface area contributed by atoms with E-state index < -0.39 is 0 Å². The average molecular weight is 255 g/mol. The summed E-state index contributed by atoms with van der Waals surface area (Å²) in [5.74, 6) is 6.81. The van der Waals surface area contributed by atoms with E-state index in [9.17, 15) is 0 Å². The average Bonchev–Trinajstić information content (AvgIpc) is 2.46. The van der Waals surface area contributed by atoms with Crippen LogP contribution in [0, 0.1) is 6.92 Å². The Hall–Kier alpha value is -2.14. The molecule has 0 aliphatic carbocycles. The summed E-state index contributed by atoms with van der Waals surface area (Å²) in [6, 6.07) is 6.55. The number of rotatable bonds is 2. The van der Waals surface area contributed by atoms with Gasteiger partial charge in [0.1, 0.15) is 0 Å². The third-order valence-corrected chi connectivity index (χ3v) is 3.40. The third kappa shape index (κ3) is 2.24. The van der Waals surface area contributed by atoms with Crippen LogP contribution in [-0.4, -0.2) is 16.5 Å². The van der Waals surface area contributed by atoms with E-state index in [4.69, 9.17) is 5.84 Å². The fourth-order valence-electron chi connectivity index (χ4n) is 2.52. The highest BCUT2D eigenvalue weighted by Crippen LogP contribution is 2.32. The molecule has 3 N–H and O–H groups in total. The van der Waals surface area contributed by atoms with Crippen molar-refractivity contribution in [3.63, 3.8) is 0 Å². The van der Waals surface area contributed by atoms with E-state index in [0.29, 0.717) is 5.82 Å². The topological polar surface area (TPSA) is 67.1 Å². The lowest BCUT2D eigenvalue weighted by molar-refractivity contribution is 0.757. The number of benzene rings is 1. The van der Waals surface area contributed by atoms with Gasteiger partial charge in [0.25, 0.3) is 0 Å². The molecule has 0 radical (unpaired) electrons. The summed E-state index contributed by atoms with van der Waals surface area (Å²) < 4.78 is 0. The zero-order valence-electron chi connectivity index (χ0n) is 10.9. The minimum absolute atomic E-state index is 0.580. The van der Waals surface area contributed by atoms with Crippen molar-refractivity contribution in [1.29, 1.82) is 0 Å². The number of hydrazine groups is 1. The first-order valence-corrected chi connectivity index (χ1v) is 6.43. The maximum absolute atomic E-state index is 5.39. The van der Waals surface area contributed by atoms with Gasteiger partial charge in [0.2, 0.25) is 0 Å². The molecule has 2 aromatic rings. The van der Waals surface area contributed by atoms with Gasteiger partial charge in [-0.1, -0.05) is 17.7 Å². The SMILES string of the molecule is Cc1ccc2c(c1)CCCN2c1cncc(NN)n1. The number of nitrogen functional groups attached to an aromatic ring is 1. The number of nitrogens with zero attached hydrogens (tertiary/aromatic N) is 3. The van der Waals surface area contributed by atoms with Crippen LogP contribution in [0.5, 0.6) is 0 Å². The molecule has 0 saturated heterocycles. The standard InChI is InChI=1S/C14H17N5/c1-10-4-5-12-11(7-10)3-2-6-19(12)14-9-16-8-13(17-14)18-15/h4-5,7-9H,2-3,6,15H2,1H3,(H,17,18). The van der Waals surface area contributed by atoms with Crippen LogP contribution in [0.2, 0.25) is 0 Å². The number of anilines is 3. The molecule has 3 rings (SSSR count). The maximum atomic E-state index is 5.39. The lowest BCUT2D eigenvalue weighted by Gasteiger charge is -2.30. The molecule has 0 saturated carbocycles. The van der Waals surface area contributed by atoms with Crippen molar-refractivity contribution in [2.24, 2.45) is 5.84 Å². The Morgan fingerprint density at radius 3 is 3.05 bits per heavy atom. The Morgan fingerprint density at radius 2 is 2.21 bits per heavy atom. The maximum Gasteiger partial charge on any atom is 0.160 e. The first-order chi connectivity index (χ1) is 9.28. The lowest BCUT2D eigenvalue weighted by Crippen LogP contribution is -2.26. The number of hydrogen-bond donors (Lipinski definition) is 2. The fourth-order valence-corrected chi connectivity index (χ4v) is 2.52. The molecule has 2 heterocycles. The van der Waals surface area contributed by atoms with Gasteiger partial charge in [0, 0.05) is 12.2 Å². The molecule has 0 bridgehead atoms. The molecule has 0 amide bonds. The molecule has 98 valence electrons. The highest BCUT2D eigenvalue weighted by molar-refractivity contribution is 5.66. The van der Waals surface area contributed by atoms with E-state index in [1.807, 2.05) is 0 Å². The number of nitrogens with one attached hydrogen (secondary N) is 1. The monoisotopic (exact) mass is 255 g/mol. The Bertz CT molecular complexity index is 596. The van der Waals surface area contributed by atoms with Crippen molar-refractivity contribution in [3.05, 3.63) is 41.7 Å². The minimum atomic E-state index is 0.580. The number of nitrogens with two attached hydrogens (primary N) is 1. The lowest BCUT2D eigenvalue weighted by atomic mass is 10.00. The first-order valence-electron chi connectivity index (χ1n) is 6.43. The van der Waals surface area contributed by atoms with Gasteiger partial charge >= 0.3 is 0 Å². The highest BCUT2D eigenvalue weighted by Gasteiger charge is 2.19. The van der Waals surface area contributed by atoms with Crippen molar-refractivity contribution in [1.82, 2.24) is 9.97 Å². The van der Waals surface area contributed by atoms with E-state index >= 15 is 0 Å². The zero-order valence-corrected chi connectivity index (χ0v) is 10.9. The van der Waals surface area contributed by atoms with E-state index in [-0.39, 0.29) is 0 Å². The molecule has 0 unspecified atom stereocenters. The number of aromatic nitrogens is 2. The predicted molar refractivity (Wildman–Crippen MR) is 76.3 cm³/mol. The number of fused-ring (bicyclic) bond motifs is 1. The van der Waals surface area contributed by atoms with Gasteiger partial charge in [-0.05, 0) is 31.4 Å². The highest BCUT2D eigenvalue weighted by atomic mass is 15.3. The van der Waals surface area contributed by atoms with Crippen LogP contribution in [0.3, 0.4) is 0 Å².